The van der Waals surface area contributed by atoms with E-state index in [4.69, 9.17) is 0 Å². The first-order valence-electron chi connectivity index (χ1n) is 8.47. The second kappa shape index (κ2) is 6.91. The molecule has 0 saturated heterocycles. The second-order valence-electron chi connectivity index (χ2n) is 6.40. The van der Waals surface area contributed by atoms with Crippen molar-refractivity contribution in [1.29, 1.82) is 0 Å². The number of rotatable bonds is 3. The Morgan fingerprint density at radius 2 is 1.81 bits per heavy atom. The topological polar surface area (TPSA) is 113 Å². The van der Waals surface area contributed by atoms with Gasteiger partial charge in [0.1, 0.15) is 17.2 Å². The molecule has 31 heavy (non-hydrogen) atoms. The van der Waals surface area contributed by atoms with Gasteiger partial charge in [0.25, 0.3) is 22.9 Å². The smallest absolute Gasteiger partial charge is 0.326 e. The summed E-state index contributed by atoms with van der Waals surface area (Å²) in [6.45, 7) is 0. The number of para-hydroxylation sites is 1. The molecule has 2 aromatic heterocycles. The number of nitrogens with one attached hydrogen (secondary N) is 3. The van der Waals surface area contributed by atoms with E-state index in [9.17, 15) is 36.7 Å². The Bertz CT molecular complexity index is 1330. The number of aromatic amines is 1. The summed E-state index contributed by atoms with van der Waals surface area (Å²) in [5.41, 5.74) is -8.44. The van der Waals surface area contributed by atoms with Crippen molar-refractivity contribution >= 4 is 29.0 Å². The number of amides is 2. The van der Waals surface area contributed by atoms with Gasteiger partial charge in [0.2, 0.25) is 0 Å². The number of carbonyl (C=O) groups excluding carboxylic acids is 2. The van der Waals surface area contributed by atoms with Gasteiger partial charge in [-0.15, -0.1) is 11.3 Å². The van der Waals surface area contributed by atoms with Gasteiger partial charge in [0.15, 0.2) is 0 Å². The maximum Gasteiger partial charge on any atom is 0.425 e. The number of thiophene rings is 1. The number of anilines is 1. The molecule has 160 valence electrons. The average Bonchev–Trinajstić information content (AvgIpc) is 3.30. The van der Waals surface area contributed by atoms with Crippen LogP contribution < -0.4 is 21.9 Å². The van der Waals surface area contributed by atoms with E-state index in [1.807, 2.05) is 5.32 Å². The molecule has 3 N–H and O–H groups in total. The molecule has 2 amide bonds. The van der Waals surface area contributed by atoms with Crippen LogP contribution in [-0.2, 0) is 10.3 Å². The third kappa shape index (κ3) is 2.96. The summed E-state index contributed by atoms with van der Waals surface area (Å²) < 4.78 is 57.5. The first-order chi connectivity index (χ1) is 14.6. The fourth-order valence-corrected chi connectivity index (χ4v) is 3.90. The minimum Gasteiger partial charge on any atom is -0.326 e. The number of fused-ring (bicyclic) bond motifs is 1. The van der Waals surface area contributed by atoms with E-state index in [0.29, 0.717) is 4.57 Å². The van der Waals surface area contributed by atoms with Crippen molar-refractivity contribution in [2.75, 3.05) is 5.32 Å². The van der Waals surface area contributed by atoms with E-state index >= 15 is 0 Å². The van der Waals surface area contributed by atoms with E-state index in [2.05, 4.69) is 0 Å². The van der Waals surface area contributed by atoms with Gasteiger partial charge in [-0.3, -0.25) is 19.4 Å². The largest absolute Gasteiger partial charge is 0.425 e. The lowest BCUT2D eigenvalue weighted by Gasteiger charge is -2.29. The van der Waals surface area contributed by atoms with Gasteiger partial charge in [-0.2, -0.15) is 13.2 Å². The second-order valence-corrected chi connectivity index (χ2v) is 7.35. The first kappa shape index (κ1) is 20.5. The van der Waals surface area contributed by atoms with Crippen LogP contribution in [0, 0.1) is 5.82 Å². The van der Waals surface area contributed by atoms with E-state index in [1.54, 1.807) is 10.3 Å². The molecule has 8 nitrogen and oxygen atoms in total. The average molecular weight is 454 g/mol. The lowest BCUT2D eigenvalue weighted by molar-refractivity contribution is -0.196. The Morgan fingerprint density at radius 1 is 1.10 bits per heavy atom. The number of hydrogen-bond acceptors (Lipinski definition) is 5. The van der Waals surface area contributed by atoms with Gasteiger partial charge in [0, 0.05) is 0 Å². The zero-order valence-corrected chi connectivity index (χ0v) is 15.9. The van der Waals surface area contributed by atoms with Gasteiger partial charge in [-0.1, -0.05) is 18.2 Å². The maximum absolute atomic E-state index is 14.3. The Labute approximate surface area is 173 Å². The van der Waals surface area contributed by atoms with Gasteiger partial charge in [0.05, 0.1) is 10.6 Å². The van der Waals surface area contributed by atoms with Crippen LogP contribution in [0.2, 0.25) is 0 Å². The molecule has 0 bridgehead atoms. The lowest BCUT2D eigenvalue weighted by atomic mass is 9.91. The van der Waals surface area contributed by atoms with Crippen LogP contribution in [0.5, 0.6) is 0 Å². The molecule has 0 fully saturated rings. The number of hydrogen-bond donors (Lipinski definition) is 3. The van der Waals surface area contributed by atoms with Crippen LogP contribution in [0.25, 0.3) is 5.69 Å². The van der Waals surface area contributed by atoms with Crippen molar-refractivity contribution < 1.29 is 27.2 Å². The first-order valence-corrected chi connectivity index (χ1v) is 9.35. The summed E-state index contributed by atoms with van der Waals surface area (Å²) in [5.74, 6) is -4.98. The van der Waals surface area contributed by atoms with Crippen LogP contribution in [-0.4, -0.2) is 27.5 Å². The summed E-state index contributed by atoms with van der Waals surface area (Å²) in [5, 5.41) is 4.86. The van der Waals surface area contributed by atoms with Crippen LogP contribution in [0.4, 0.5) is 23.4 Å². The van der Waals surface area contributed by atoms with Crippen molar-refractivity contribution in [3.63, 3.8) is 0 Å². The molecule has 13 heteroatoms. The number of aromatic nitrogens is 2. The fourth-order valence-electron chi connectivity index (χ4n) is 3.28. The molecule has 0 spiro atoms. The summed E-state index contributed by atoms with van der Waals surface area (Å²) in [4.78, 5) is 51.4. The van der Waals surface area contributed by atoms with Crippen molar-refractivity contribution in [2.24, 2.45) is 0 Å². The van der Waals surface area contributed by atoms with Gasteiger partial charge < -0.3 is 10.6 Å². The summed E-state index contributed by atoms with van der Waals surface area (Å²) >= 11 is 0.813. The quantitative estimate of drug-likeness (QED) is 0.525. The van der Waals surface area contributed by atoms with E-state index < -0.39 is 57.7 Å². The molecule has 1 aliphatic heterocycles. The molecule has 0 unspecified atom stereocenters. The molecule has 0 radical (unpaired) electrons. The third-order valence-electron chi connectivity index (χ3n) is 4.62. The zero-order valence-electron chi connectivity index (χ0n) is 15.0. The highest BCUT2D eigenvalue weighted by Crippen LogP contribution is 2.45. The molecule has 1 aliphatic rings. The van der Waals surface area contributed by atoms with Gasteiger partial charge >= 0.3 is 11.9 Å². The Kier molecular flexibility index (Phi) is 4.57. The summed E-state index contributed by atoms with van der Waals surface area (Å²) in [6, 6.07) is 7.21. The third-order valence-corrected chi connectivity index (χ3v) is 5.49. The fraction of sp³-hybridized carbons (Fsp3) is 0.111. The monoisotopic (exact) mass is 454 g/mol. The highest BCUT2D eigenvalue weighted by molar-refractivity contribution is 7.12. The number of H-pyrrole nitrogens is 1. The minimum atomic E-state index is -5.49. The zero-order chi connectivity index (χ0) is 22.6. The molecule has 0 aliphatic carbocycles. The molecule has 4 rings (SSSR count). The van der Waals surface area contributed by atoms with E-state index in [1.165, 1.54) is 29.6 Å². The SMILES string of the molecule is O=C(N[C@]1(C(F)(F)F)C(=O)Nc2c1c(=O)[nH]c(=O)n2-c1ccccc1F)c1cccs1. The number of alkyl halides is 3. The number of carbonyl (C=O) groups is 2. The minimum absolute atomic E-state index is 0.149. The summed E-state index contributed by atoms with van der Waals surface area (Å²) in [6.07, 6.45) is -5.49. The molecule has 3 aromatic rings. The van der Waals surface area contributed by atoms with Crippen LogP contribution >= 0.6 is 11.3 Å². The predicted molar refractivity (Wildman–Crippen MR) is 101 cm³/mol. The van der Waals surface area contributed by atoms with Crippen molar-refractivity contribution in [3.05, 3.63) is 78.9 Å². The molecule has 0 saturated carbocycles. The normalized spacial score (nSPS) is 17.9. The molecule has 1 aromatic carbocycles. The Balaban J connectivity index is 2.03. The van der Waals surface area contributed by atoms with Crippen molar-refractivity contribution in [2.45, 2.75) is 11.7 Å². The molecular weight excluding hydrogens is 444 g/mol. The maximum atomic E-state index is 14.3. The van der Waals surface area contributed by atoms with Gasteiger partial charge in [-0.25, -0.2) is 13.8 Å². The highest BCUT2D eigenvalue weighted by atomic mass is 32.1. The number of halogens is 4. The van der Waals surface area contributed by atoms with Crippen LogP contribution in [0.3, 0.4) is 0 Å². The predicted octanol–water partition coefficient (Wildman–Crippen LogP) is 1.87. The van der Waals surface area contributed by atoms with E-state index in [0.717, 1.165) is 23.5 Å². The van der Waals surface area contributed by atoms with E-state index in [-0.39, 0.29) is 4.88 Å². The highest BCUT2D eigenvalue weighted by Gasteiger charge is 2.68. The number of benzene rings is 1. The van der Waals surface area contributed by atoms with Crippen molar-refractivity contribution in [3.8, 4) is 5.69 Å². The standard InChI is InChI=1S/C18H10F4N4O4S/c19-8-4-1-2-5-9(8)26-12-11(14(28)24-16(26)30)17(15(29)23-12,18(20,21)22)25-13(27)10-6-3-7-31-10/h1-7H,(H,23,29)(H,25,27)(H,24,28,30)/t17-/m0/s1. The molecule has 3 heterocycles. The Hall–Kier alpha value is -3.74. The van der Waals surface area contributed by atoms with Crippen LogP contribution in [0.15, 0.2) is 51.4 Å². The van der Waals surface area contributed by atoms with Crippen LogP contribution in [0.1, 0.15) is 15.2 Å². The molecular formula is C18H10F4N4O4S. The lowest BCUT2D eigenvalue weighted by Crippen LogP contribution is -2.62. The van der Waals surface area contributed by atoms with Gasteiger partial charge in [-0.05, 0) is 23.6 Å². The number of nitrogens with zero attached hydrogens (tertiary/aromatic N) is 1. The van der Waals surface area contributed by atoms with Crippen molar-refractivity contribution in [1.82, 2.24) is 14.9 Å². The Morgan fingerprint density at radius 3 is 2.42 bits per heavy atom. The molecule has 1 atom stereocenters. The summed E-state index contributed by atoms with van der Waals surface area (Å²) in [7, 11) is 0.